The number of fused-ring (bicyclic) bond motifs is 1. The smallest absolute Gasteiger partial charge is 0.128 e. The summed E-state index contributed by atoms with van der Waals surface area (Å²) in [7, 11) is 0. The molecule has 0 aliphatic carbocycles. The van der Waals surface area contributed by atoms with Crippen molar-refractivity contribution in [3.8, 4) is 5.75 Å². The third-order valence-corrected chi connectivity index (χ3v) is 3.04. The molecule has 3 heteroatoms. The second kappa shape index (κ2) is 3.31. The van der Waals surface area contributed by atoms with E-state index in [9.17, 15) is 5.11 Å². The van der Waals surface area contributed by atoms with E-state index in [4.69, 9.17) is 4.74 Å². The second-order valence-corrected chi connectivity index (χ2v) is 4.17. The molecule has 0 aromatic heterocycles. The SMILES string of the molecule is CC(O)C1Cc2c(Br)cccc2O1. The monoisotopic (exact) mass is 242 g/mol. The lowest BCUT2D eigenvalue weighted by atomic mass is 10.1. The normalized spacial score (nSPS) is 22.2. The number of halogens is 1. The molecule has 0 saturated carbocycles. The number of benzene rings is 1. The van der Waals surface area contributed by atoms with E-state index in [2.05, 4.69) is 15.9 Å². The number of rotatable bonds is 1. The van der Waals surface area contributed by atoms with Crippen LogP contribution in [-0.2, 0) is 6.42 Å². The zero-order valence-corrected chi connectivity index (χ0v) is 8.91. The van der Waals surface area contributed by atoms with Gasteiger partial charge in [-0.3, -0.25) is 0 Å². The van der Waals surface area contributed by atoms with Gasteiger partial charge in [0.15, 0.2) is 0 Å². The van der Waals surface area contributed by atoms with E-state index >= 15 is 0 Å². The third kappa shape index (κ3) is 1.58. The molecule has 0 spiro atoms. The molecule has 2 unspecified atom stereocenters. The molecular formula is C10H11BrO2. The van der Waals surface area contributed by atoms with Crippen LogP contribution in [0.3, 0.4) is 0 Å². The van der Waals surface area contributed by atoms with Gasteiger partial charge in [0.2, 0.25) is 0 Å². The fourth-order valence-electron chi connectivity index (χ4n) is 1.52. The summed E-state index contributed by atoms with van der Waals surface area (Å²) in [5, 5.41) is 9.37. The Labute approximate surface area is 85.7 Å². The van der Waals surface area contributed by atoms with Crippen molar-refractivity contribution in [3.05, 3.63) is 28.2 Å². The molecule has 2 nitrogen and oxygen atoms in total. The average Bonchev–Trinajstić information content (AvgIpc) is 2.49. The Balaban J connectivity index is 2.30. The van der Waals surface area contributed by atoms with Crippen LogP contribution in [0.1, 0.15) is 12.5 Å². The molecule has 0 bridgehead atoms. The van der Waals surface area contributed by atoms with Gasteiger partial charge in [0, 0.05) is 16.5 Å². The summed E-state index contributed by atoms with van der Waals surface area (Å²) in [5.74, 6) is 0.889. The first-order valence-electron chi connectivity index (χ1n) is 4.30. The van der Waals surface area contributed by atoms with Gasteiger partial charge in [0.25, 0.3) is 0 Å². The topological polar surface area (TPSA) is 29.5 Å². The number of hydrogen-bond donors (Lipinski definition) is 1. The van der Waals surface area contributed by atoms with E-state index < -0.39 is 6.10 Å². The molecule has 13 heavy (non-hydrogen) atoms. The molecule has 1 N–H and O–H groups in total. The summed E-state index contributed by atoms with van der Waals surface area (Å²) in [6, 6.07) is 5.86. The van der Waals surface area contributed by atoms with Crippen LogP contribution in [0.2, 0.25) is 0 Å². The minimum absolute atomic E-state index is 0.0892. The fraction of sp³-hybridized carbons (Fsp3) is 0.400. The first kappa shape index (κ1) is 9.03. The van der Waals surface area contributed by atoms with Crippen LogP contribution in [0.25, 0.3) is 0 Å². The van der Waals surface area contributed by atoms with Crippen LogP contribution in [0, 0.1) is 0 Å². The van der Waals surface area contributed by atoms with Crippen molar-refractivity contribution < 1.29 is 9.84 Å². The highest BCUT2D eigenvalue weighted by molar-refractivity contribution is 9.10. The minimum atomic E-state index is -0.417. The van der Waals surface area contributed by atoms with Gasteiger partial charge in [0.1, 0.15) is 11.9 Å². The molecule has 70 valence electrons. The first-order chi connectivity index (χ1) is 6.18. The summed E-state index contributed by atoms with van der Waals surface area (Å²) in [4.78, 5) is 0. The van der Waals surface area contributed by atoms with Crippen molar-refractivity contribution >= 4 is 15.9 Å². The molecule has 0 amide bonds. The van der Waals surface area contributed by atoms with Gasteiger partial charge in [-0.1, -0.05) is 22.0 Å². The Morgan fingerprint density at radius 1 is 1.62 bits per heavy atom. The maximum atomic E-state index is 9.37. The van der Waals surface area contributed by atoms with Crippen LogP contribution >= 0.6 is 15.9 Å². The van der Waals surface area contributed by atoms with Gasteiger partial charge in [-0.05, 0) is 19.1 Å². The van der Waals surface area contributed by atoms with E-state index in [1.165, 1.54) is 0 Å². The quantitative estimate of drug-likeness (QED) is 0.818. The predicted octanol–water partition coefficient (Wildman–Crippen LogP) is 2.13. The highest BCUT2D eigenvalue weighted by atomic mass is 79.9. The van der Waals surface area contributed by atoms with Crippen molar-refractivity contribution in [1.29, 1.82) is 0 Å². The second-order valence-electron chi connectivity index (χ2n) is 3.32. The molecule has 2 rings (SSSR count). The Hall–Kier alpha value is -0.540. The highest BCUT2D eigenvalue weighted by Crippen LogP contribution is 2.35. The summed E-state index contributed by atoms with van der Waals surface area (Å²) in [6.45, 7) is 1.75. The fourth-order valence-corrected chi connectivity index (χ4v) is 2.03. The highest BCUT2D eigenvalue weighted by Gasteiger charge is 2.27. The maximum absolute atomic E-state index is 9.37. The van der Waals surface area contributed by atoms with Crippen LogP contribution < -0.4 is 4.74 Å². The van der Waals surface area contributed by atoms with Crippen molar-refractivity contribution in [2.24, 2.45) is 0 Å². The molecule has 1 aliphatic rings. The standard InChI is InChI=1S/C10H11BrO2/c1-6(12)10-5-7-8(11)3-2-4-9(7)13-10/h2-4,6,10,12H,5H2,1H3. The van der Waals surface area contributed by atoms with Crippen molar-refractivity contribution in [2.45, 2.75) is 25.6 Å². The van der Waals surface area contributed by atoms with Crippen LogP contribution in [0.4, 0.5) is 0 Å². The molecule has 2 atom stereocenters. The Morgan fingerprint density at radius 2 is 2.38 bits per heavy atom. The van der Waals surface area contributed by atoms with E-state index in [-0.39, 0.29) is 6.10 Å². The van der Waals surface area contributed by atoms with E-state index in [1.54, 1.807) is 6.92 Å². The lowest BCUT2D eigenvalue weighted by Crippen LogP contribution is -2.26. The zero-order valence-electron chi connectivity index (χ0n) is 7.33. The molecule has 1 heterocycles. The van der Waals surface area contributed by atoms with Gasteiger partial charge in [0.05, 0.1) is 6.10 Å². The molecule has 1 aliphatic heterocycles. The summed E-state index contributed by atoms with van der Waals surface area (Å²) >= 11 is 3.46. The predicted molar refractivity (Wildman–Crippen MR) is 53.9 cm³/mol. The molecule has 0 saturated heterocycles. The maximum Gasteiger partial charge on any atom is 0.128 e. The summed E-state index contributed by atoms with van der Waals surface area (Å²) in [6.07, 6.45) is 0.280. The van der Waals surface area contributed by atoms with Gasteiger partial charge >= 0.3 is 0 Å². The van der Waals surface area contributed by atoms with Crippen molar-refractivity contribution in [2.75, 3.05) is 0 Å². The van der Waals surface area contributed by atoms with Crippen LogP contribution in [0.15, 0.2) is 22.7 Å². The van der Waals surface area contributed by atoms with Gasteiger partial charge in [-0.25, -0.2) is 0 Å². The van der Waals surface area contributed by atoms with Crippen LogP contribution in [0.5, 0.6) is 5.75 Å². The van der Waals surface area contributed by atoms with E-state index in [1.807, 2.05) is 18.2 Å². The van der Waals surface area contributed by atoms with Crippen molar-refractivity contribution in [1.82, 2.24) is 0 Å². The van der Waals surface area contributed by atoms with E-state index in [0.29, 0.717) is 0 Å². The lowest BCUT2D eigenvalue weighted by molar-refractivity contribution is 0.0632. The molecule has 0 radical (unpaired) electrons. The lowest BCUT2D eigenvalue weighted by Gasteiger charge is -2.12. The van der Waals surface area contributed by atoms with Gasteiger partial charge in [-0.15, -0.1) is 0 Å². The number of aliphatic hydroxyl groups excluding tert-OH is 1. The average molecular weight is 243 g/mol. The minimum Gasteiger partial charge on any atom is -0.487 e. The third-order valence-electron chi connectivity index (χ3n) is 2.30. The Bertz CT molecular complexity index is 323. The number of ether oxygens (including phenoxy) is 1. The Kier molecular flexibility index (Phi) is 2.30. The molecule has 1 aromatic rings. The Morgan fingerprint density at radius 3 is 3.00 bits per heavy atom. The first-order valence-corrected chi connectivity index (χ1v) is 5.10. The molecule has 1 aromatic carbocycles. The van der Waals surface area contributed by atoms with Gasteiger partial charge in [-0.2, -0.15) is 0 Å². The zero-order chi connectivity index (χ0) is 9.42. The van der Waals surface area contributed by atoms with Gasteiger partial charge < -0.3 is 9.84 Å². The summed E-state index contributed by atoms with van der Waals surface area (Å²) < 4.78 is 6.63. The van der Waals surface area contributed by atoms with Crippen LogP contribution in [-0.4, -0.2) is 17.3 Å². The number of aliphatic hydroxyl groups is 1. The molecule has 0 fully saturated rings. The largest absolute Gasteiger partial charge is 0.487 e. The van der Waals surface area contributed by atoms with E-state index in [0.717, 1.165) is 22.2 Å². The molecular weight excluding hydrogens is 232 g/mol. The van der Waals surface area contributed by atoms with Crippen molar-refractivity contribution in [3.63, 3.8) is 0 Å². The number of hydrogen-bond acceptors (Lipinski definition) is 2. The summed E-state index contributed by atoms with van der Waals surface area (Å²) in [5.41, 5.74) is 1.16.